The zero-order valence-corrected chi connectivity index (χ0v) is 11.7. The summed E-state index contributed by atoms with van der Waals surface area (Å²) in [7, 11) is 0.752. The summed E-state index contributed by atoms with van der Waals surface area (Å²) in [6, 6.07) is 0. The van der Waals surface area contributed by atoms with Crippen LogP contribution in [0.25, 0.3) is 0 Å². The highest BCUT2D eigenvalue weighted by molar-refractivity contribution is 6.59. The Hall–Kier alpha value is 0.0569. The molecule has 15 heavy (non-hydrogen) atoms. The predicted molar refractivity (Wildman–Crippen MR) is 61.6 cm³/mol. The van der Waals surface area contributed by atoms with E-state index in [1.54, 1.807) is 14.2 Å². The molecular weight excluding hydrogens is 212 g/mol. The van der Waals surface area contributed by atoms with Gasteiger partial charge in [0.15, 0.2) is 0 Å². The molecule has 0 aromatic carbocycles. The molecule has 0 saturated carbocycles. The maximum absolute atomic E-state index is 5.50. The van der Waals surface area contributed by atoms with E-state index in [9.17, 15) is 0 Å². The van der Waals surface area contributed by atoms with Gasteiger partial charge in [-0.15, -0.1) is 0 Å². The monoisotopic (exact) mass is 236 g/mol. The first kappa shape index (κ1) is 15.1. The summed E-state index contributed by atoms with van der Waals surface area (Å²) in [5, 5.41) is 0. The lowest BCUT2D eigenvalue weighted by Gasteiger charge is -2.23. The molecule has 92 valence electrons. The molecule has 0 N–H and O–H groups in total. The molecule has 0 aromatic heterocycles. The molecule has 0 aliphatic carbocycles. The van der Waals surface area contributed by atoms with Crippen molar-refractivity contribution >= 4 is 8.80 Å². The lowest BCUT2D eigenvalue weighted by Crippen LogP contribution is -2.41. The summed E-state index contributed by atoms with van der Waals surface area (Å²) in [5.74, 6) is 0.633. The molecule has 0 aliphatic rings. The van der Waals surface area contributed by atoms with Crippen LogP contribution < -0.4 is 0 Å². The van der Waals surface area contributed by atoms with Crippen molar-refractivity contribution in [3.05, 3.63) is 0 Å². The fourth-order valence-corrected chi connectivity index (χ4v) is 1.87. The third-order valence-electron chi connectivity index (χ3n) is 2.22. The smallest absolute Gasteiger partial charge is 0.377 e. The molecule has 0 saturated heterocycles. The van der Waals surface area contributed by atoms with Crippen LogP contribution in [0.15, 0.2) is 0 Å². The quantitative estimate of drug-likeness (QED) is 0.478. The maximum Gasteiger partial charge on any atom is 0.498 e. The van der Waals surface area contributed by atoms with E-state index in [0.29, 0.717) is 5.92 Å². The lowest BCUT2D eigenvalue weighted by atomic mass is 10.1. The second kappa shape index (κ2) is 7.35. The fourth-order valence-electron chi connectivity index (χ4n) is 1.19. The van der Waals surface area contributed by atoms with Crippen molar-refractivity contribution in [2.75, 3.05) is 21.0 Å². The van der Waals surface area contributed by atoms with Crippen LogP contribution in [0.5, 0.6) is 0 Å². The van der Waals surface area contributed by atoms with Gasteiger partial charge in [-0.3, -0.25) is 0 Å². The summed E-state index contributed by atoms with van der Waals surface area (Å²) in [4.78, 5) is 0. The molecule has 4 nitrogen and oxygen atoms in total. The highest BCUT2D eigenvalue weighted by Gasteiger charge is 2.32. The van der Waals surface area contributed by atoms with Crippen molar-refractivity contribution in [1.29, 1.82) is 0 Å². The zero-order chi connectivity index (χ0) is 11.9. The summed E-state index contributed by atoms with van der Waals surface area (Å²) in [6.45, 7) is 8.46. The van der Waals surface area contributed by atoms with Gasteiger partial charge in [-0.25, -0.2) is 0 Å². The Labute approximate surface area is 94.2 Å². The molecule has 5 heteroatoms. The highest BCUT2D eigenvalue weighted by atomic mass is 28.4. The van der Waals surface area contributed by atoms with Gasteiger partial charge in [0.2, 0.25) is 0 Å². The van der Waals surface area contributed by atoms with E-state index >= 15 is 0 Å². The van der Waals surface area contributed by atoms with E-state index in [4.69, 9.17) is 18.0 Å². The molecule has 0 aromatic rings. The lowest BCUT2D eigenvalue weighted by molar-refractivity contribution is -0.0662. The molecule has 0 bridgehead atoms. The maximum atomic E-state index is 5.50. The van der Waals surface area contributed by atoms with Crippen molar-refractivity contribution in [2.45, 2.75) is 39.8 Å². The summed E-state index contributed by atoms with van der Waals surface area (Å²) >= 11 is 0. The van der Waals surface area contributed by atoms with Crippen LogP contribution in [0.2, 0.25) is 6.55 Å². The standard InChI is InChI=1S/C10H24O4Si/c1-9(2)7-10(3)13-8-14-15(6,11-4)12-5/h9-10H,7-8H2,1-6H3. The minimum atomic E-state index is -2.43. The minimum Gasteiger partial charge on any atom is -0.377 e. The largest absolute Gasteiger partial charge is 0.498 e. The van der Waals surface area contributed by atoms with Gasteiger partial charge >= 0.3 is 8.80 Å². The van der Waals surface area contributed by atoms with E-state index in [1.165, 1.54) is 0 Å². The van der Waals surface area contributed by atoms with Crippen molar-refractivity contribution in [1.82, 2.24) is 0 Å². The second-order valence-electron chi connectivity index (χ2n) is 4.14. The Bertz CT molecular complexity index is 160. The van der Waals surface area contributed by atoms with E-state index < -0.39 is 8.80 Å². The first-order valence-electron chi connectivity index (χ1n) is 5.29. The molecule has 0 amide bonds. The zero-order valence-electron chi connectivity index (χ0n) is 10.7. The van der Waals surface area contributed by atoms with Gasteiger partial charge in [0.1, 0.15) is 6.79 Å². The van der Waals surface area contributed by atoms with E-state index in [2.05, 4.69) is 13.8 Å². The topological polar surface area (TPSA) is 36.9 Å². The van der Waals surface area contributed by atoms with E-state index in [0.717, 1.165) is 6.42 Å². The van der Waals surface area contributed by atoms with Crippen LogP contribution in [0.4, 0.5) is 0 Å². The Kier molecular flexibility index (Phi) is 7.38. The first-order valence-corrected chi connectivity index (χ1v) is 7.52. The van der Waals surface area contributed by atoms with Gasteiger partial charge in [0, 0.05) is 20.8 Å². The molecule has 0 radical (unpaired) electrons. The Morgan fingerprint density at radius 2 is 1.60 bits per heavy atom. The third kappa shape index (κ3) is 7.02. The third-order valence-corrected chi connectivity index (χ3v) is 4.34. The molecule has 0 rings (SSSR count). The molecule has 0 aliphatic heterocycles. The van der Waals surface area contributed by atoms with Crippen LogP contribution in [-0.4, -0.2) is 35.9 Å². The van der Waals surface area contributed by atoms with Crippen molar-refractivity contribution in [2.24, 2.45) is 5.92 Å². The van der Waals surface area contributed by atoms with Gasteiger partial charge in [-0.05, 0) is 19.3 Å². The normalized spacial score (nSPS) is 14.6. The van der Waals surface area contributed by atoms with Gasteiger partial charge in [-0.1, -0.05) is 13.8 Å². The Morgan fingerprint density at radius 1 is 1.07 bits per heavy atom. The van der Waals surface area contributed by atoms with Crippen molar-refractivity contribution in [3.8, 4) is 0 Å². The average molecular weight is 236 g/mol. The molecule has 1 unspecified atom stereocenters. The second-order valence-corrected chi connectivity index (χ2v) is 6.97. The van der Waals surface area contributed by atoms with E-state index in [-0.39, 0.29) is 12.9 Å². The molecule has 0 spiro atoms. The summed E-state index contributed by atoms with van der Waals surface area (Å²) in [6.07, 6.45) is 1.23. The number of ether oxygens (including phenoxy) is 1. The van der Waals surface area contributed by atoms with Crippen LogP contribution in [0.3, 0.4) is 0 Å². The van der Waals surface area contributed by atoms with Gasteiger partial charge in [0.25, 0.3) is 0 Å². The minimum absolute atomic E-state index is 0.206. The van der Waals surface area contributed by atoms with Crippen LogP contribution >= 0.6 is 0 Å². The summed E-state index contributed by atoms with van der Waals surface area (Å²) < 4.78 is 21.3. The predicted octanol–water partition coefficient (Wildman–Crippen LogP) is 2.27. The van der Waals surface area contributed by atoms with Gasteiger partial charge < -0.3 is 18.0 Å². The number of hydrogen-bond acceptors (Lipinski definition) is 4. The Morgan fingerprint density at radius 3 is 2.00 bits per heavy atom. The first-order chi connectivity index (χ1) is 6.93. The highest BCUT2D eigenvalue weighted by Crippen LogP contribution is 2.10. The SMILES string of the molecule is CO[Si](C)(OC)OCOC(C)CC(C)C. The van der Waals surface area contributed by atoms with Crippen molar-refractivity contribution < 1.29 is 18.0 Å². The van der Waals surface area contributed by atoms with E-state index in [1.807, 2.05) is 13.5 Å². The summed E-state index contributed by atoms with van der Waals surface area (Å²) in [5.41, 5.74) is 0. The molecular formula is C10H24O4Si. The Balaban J connectivity index is 3.68. The van der Waals surface area contributed by atoms with Crippen molar-refractivity contribution in [3.63, 3.8) is 0 Å². The molecule has 0 fully saturated rings. The molecule has 0 heterocycles. The van der Waals surface area contributed by atoms with Crippen LogP contribution in [-0.2, 0) is 18.0 Å². The van der Waals surface area contributed by atoms with Crippen LogP contribution in [0.1, 0.15) is 27.2 Å². The number of rotatable bonds is 8. The van der Waals surface area contributed by atoms with Gasteiger partial charge in [0.05, 0.1) is 6.10 Å². The number of hydrogen-bond donors (Lipinski definition) is 0. The average Bonchev–Trinajstić information content (AvgIpc) is 2.16. The molecule has 1 atom stereocenters. The fraction of sp³-hybridized carbons (Fsp3) is 1.00. The van der Waals surface area contributed by atoms with Gasteiger partial charge in [-0.2, -0.15) is 0 Å². The van der Waals surface area contributed by atoms with Crippen LogP contribution in [0, 0.1) is 5.92 Å².